The van der Waals surface area contributed by atoms with E-state index in [-0.39, 0.29) is 34.0 Å². The number of rotatable bonds is 5. The van der Waals surface area contributed by atoms with E-state index in [1.165, 1.54) is 12.1 Å². The number of carbonyl (C=O) groups is 1. The molecule has 1 aromatic carbocycles. The number of halogens is 2. The zero-order valence-electron chi connectivity index (χ0n) is 13.5. The Morgan fingerprint density at radius 3 is 2.88 bits per heavy atom. The quantitative estimate of drug-likeness (QED) is 0.635. The molecule has 1 aliphatic heterocycles. The number of nitrogens with zero attached hydrogens (tertiary/aromatic N) is 1. The van der Waals surface area contributed by atoms with Crippen LogP contribution in [-0.2, 0) is 9.84 Å². The van der Waals surface area contributed by atoms with Gasteiger partial charge >= 0.3 is 0 Å². The van der Waals surface area contributed by atoms with Crippen LogP contribution in [0, 0.1) is 11.7 Å². The number of benzene rings is 1. The van der Waals surface area contributed by atoms with Crippen molar-refractivity contribution in [3.05, 3.63) is 40.8 Å². The fraction of sp³-hybridized carbons (Fsp3) is 0.412. The number of nitrogens with one attached hydrogen (secondary N) is 1. The average molecular weight is 385 g/mol. The highest BCUT2D eigenvalue weighted by atomic mass is 35.5. The summed E-state index contributed by atoms with van der Waals surface area (Å²) in [4.78, 5) is 16.3. The van der Waals surface area contributed by atoms with Crippen molar-refractivity contribution in [2.24, 2.45) is 5.92 Å². The van der Waals surface area contributed by atoms with Crippen LogP contribution in [-0.4, -0.2) is 37.4 Å². The van der Waals surface area contributed by atoms with Gasteiger partial charge in [-0.05, 0) is 43.4 Å². The van der Waals surface area contributed by atoms with Gasteiger partial charge in [0.25, 0.3) is 5.91 Å². The number of fused-ring (bicyclic) bond motifs is 1. The van der Waals surface area contributed by atoms with Gasteiger partial charge in [-0.2, -0.15) is 0 Å². The van der Waals surface area contributed by atoms with E-state index in [9.17, 15) is 17.6 Å². The summed E-state index contributed by atoms with van der Waals surface area (Å²) in [7, 11) is -2.86. The van der Waals surface area contributed by atoms with Gasteiger partial charge in [-0.15, -0.1) is 0 Å². The third kappa shape index (κ3) is 4.46. The number of amides is 1. The molecule has 3 rings (SSSR count). The second-order valence-corrected chi connectivity index (χ2v) is 8.92. The molecule has 0 spiro atoms. The molecule has 0 radical (unpaired) electrons. The van der Waals surface area contributed by atoms with Crippen molar-refractivity contribution in [3.8, 4) is 0 Å². The molecule has 8 heteroatoms. The maximum absolute atomic E-state index is 13.2. The Morgan fingerprint density at radius 2 is 2.16 bits per heavy atom. The summed E-state index contributed by atoms with van der Waals surface area (Å²) in [6.45, 7) is 0.438. The van der Waals surface area contributed by atoms with E-state index in [0.29, 0.717) is 30.3 Å². The molecule has 0 bridgehead atoms. The molecule has 1 fully saturated rings. The minimum absolute atomic E-state index is 0.0255. The van der Waals surface area contributed by atoms with E-state index in [4.69, 9.17) is 11.6 Å². The Bertz CT molecular complexity index is 917. The van der Waals surface area contributed by atoms with Gasteiger partial charge in [-0.1, -0.05) is 11.6 Å². The number of aromatic nitrogens is 1. The van der Waals surface area contributed by atoms with Crippen LogP contribution in [0.2, 0.25) is 5.15 Å². The Balaban J connectivity index is 1.57. The molecule has 134 valence electrons. The zero-order chi connectivity index (χ0) is 18.0. The van der Waals surface area contributed by atoms with E-state index in [0.717, 1.165) is 6.42 Å². The highest BCUT2D eigenvalue weighted by Gasteiger charge is 2.27. The van der Waals surface area contributed by atoms with Crippen LogP contribution in [0.1, 0.15) is 29.6 Å². The molecular formula is C17H18ClFN2O3S. The summed E-state index contributed by atoms with van der Waals surface area (Å²) in [6, 6.07) is 5.70. The predicted molar refractivity (Wildman–Crippen MR) is 95.0 cm³/mol. The molecule has 2 heterocycles. The first kappa shape index (κ1) is 18.1. The largest absolute Gasteiger partial charge is 0.352 e. The molecule has 0 saturated carbocycles. The monoisotopic (exact) mass is 384 g/mol. The average Bonchev–Trinajstić information content (AvgIpc) is 2.89. The van der Waals surface area contributed by atoms with Crippen LogP contribution in [0.15, 0.2) is 24.3 Å². The van der Waals surface area contributed by atoms with Crippen LogP contribution in [0.3, 0.4) is 0 Å². The lowest BCUT2D eigenvalue weighted by Gasteiger charge is -2.10. The van der Waals surface area contributed by atoms with Gasteiger partial charge in [0.05, 0.1) is 22.6 Å². The first-order valence-corrected chi connectivity index (χ1v) is 10.3. The second kappa shape index (κ2) is 7.25. The summed E-state index contributed by atoms with van der Waals surface area (Å²) in [6.07, 6.45) is 2.17. The molecule has 25 heavy (non-hydrogen) atoms. The highest BCUT2D eigenvalue weighted by Crippen LogP contribution is 2.23. The summed E-state index contributed by atoms with van der Waals surface area (Å²) in [5.41, 5.74) is 0.633. The van der Waals surface area contributed by atoms with Crippen LogP contribution >= 0.6 is 11.6 Å². The van der Waals surface area contributed by atoms with Crippen LogP contribution in [0.25, 0.3) is 10.9 Å². The van der Waals surface area contributed by atoms with Crippen LogP contribution < -0.4 is 5.32 Å². The van der Waals surface area contributed by atoms with Gasteiger partial charge in [-0.3, -0.25) is 4.79 Å². The van der Waals surface area contributed by atoms with Gasteiger partial charge in [-0.25, -0.2) is 17.8 Å². The number of hydrogen-bond acceptors (Lipinski definition) is 4. The summed E-state index contributed by atoms with van der Waals surface area (Å²) < 4.78 is 36.0. The van der Waals surface area contributed by atoms with Gasteiger partial charge < -0.3 is 5.32 Å². The third-order valence-electron chi connectivity index (χ3n) is 4.38. The van der Waals surface area contributed by atoms with Crippen molar-refractivity contribution in [2.75, 3.05) is 18.1 Å². The first-order valence-electron chi connectivity index (χ1n) is 8.08. The molecule has 1 N–H and O–H groups in total. The maximum atomic E-state index is 13.2. The second-order valence-electron chi connectivity index (χ2n) is 6.33. The maximum Gasteiger partial charge on any atom is 0.254 e. The minimum Gasteiger partial charge on any atom is -0.352 e. The van der Waals surface area contributed by atoms with Crippen molar-refractivity contribution in [1.82, 2.24) is 10.3 Å². The number of sulfone groups is 1. The first-order chi connectivity index (χ1) is 11.8. The summed E-state index contributed by atoms with van der Waals surface area (Å²) in [5, 5.41) is 3.43. The van der Waals surface area contributed by atoms with Crippen molar-refractivity contribution in [2.45, 2.75) is 19.3 Å². The number of carbonyl (C=O) groups excluding carboxylic acids is 1. The van der Waals surface area contributed by atoms with E-state index in [1.807, 2.05) is 0 Å². The molecular weight excluding hydrogens is 367 g/mol. The fourth-order valence-electron chi connectivity index (χ4n) is 3.06. The van der Waals surface area contributed by atoms with E-state index < -0.39 is 15.7 Å². The van der Waals surface area contributed by atoms with Gasteiger partial charge in [0.2, 0.25) is 0 Å². The van der Waals surface area contributed by atoms with Gasteiger partial charge in [0, 0.05) is 18.0 Å². The SMILES string of the molecule is O=C(NCCCC1CCS(=O)(=O)C1)c1cc2ccc(F)cc2nc1Cl. The standard InChI is InChI=1S/C17H18ClFN2O3S/c18-16-14(8-12-3-4-13(19)9-15(12)21-16)17(22)20-6-1-2-11-5-7-25(23,24)10-11/h3-4,8-9,11H,1-2,5-7,10H2,(H,20,22). The molecule has 1 aliphatic rings. The molecule has 1 aromatic heterocycles. The molecule has 5 nitrogen and oxygen atoms in total. The Hall–Kier alpha value is -1.73. The molecule has 1 unspecified atom stereocenters. The Kier molecular flexibility index (Phi) is 5.24. The molecule has 0 aliphatic carbocycles. The van der Waals surface area contributed by atoms with E-state index in [1.54, 1.807) is 12.1 Å². The highest BCUT2D eigenvalue weighted by molar-refractivity contribution is 7.91. The number of pyridine rings is 1. The predicted octanol–water partition coefficient (Wildman–Crippen LogP) is 2.97. The zero-order valence-corrected chi connectivity index (χ0v) is 15.0. The molecule has 1 amide bonds. The normalized spacial score (nSPS) is 19.2. The van der Waals surface area contributed by atoms with Crippen molar-refractivity contribution in [1.29, 1.82) is 0 Å². The molecule has 1 saturated heterocycles. The lowest BCUT2D eigenvalue weighted by atomic mass is 10.0. The molecule has 2 aromatic rings. The van der Waals surface area contributed by atoms with Crippen LogP contribution in [0.5, 0.6) is 0 Å². The fourth-order valence-corrected chi connectivity index (χ4v) is 5.21. The third-order valence-corrected chi connectivity index (χ3v) is 6.50. The van der Waals surface area contributed by atoms with E-state index >= 15 is 0 Å². The van der Waals surface area contributed by atoms with Crippen molar-refractivity contribution < 1.29 is 17.6 Å². The van der Waals surface area contributed by atoms with Gasteiger partial charge in [0.1, 0.15) is 11.0 Å². The lowest BCUT2D eigenvalue weighted by molar-refractivity contribution is 0.0952. The van der Waals surface area contributed by atoms with E-state index in [2.05, 4.69) is 10.3 Å². The Labute approximate surface area is 150 Å². The van der Waals surface area contributed by atoms with Crippen LogP contribution in [0.4, 0.5) is 4.39 Å². The topological polar surface area (TPSA) is 76.1 Å². The smallest absolute Gasteiger partial charge is 0.254 e. The minimum atomic E-state index is -2.86. The summed E-state index contributed by atoms with van der Waals surface area (Å²) >= 11 is 6.04. The summed E-state index contributed by atoms with van der Waals surface area (Å²) in [5.74, 6) is -0.0614. The molecule has 1 atom stereocenters. The van der Waals surface area contributed by atoms with Gasteiger partial charge in [0.15, 0.2) is 9.84 Å². The number of hydrogen-bond donors (Lipinski definition) is 1. The lowest BCUT2D eigenvalue weighted by Crippen LogP contribution is -2.25. The van der Waals surface area contributed by atoms with Crippen molar-refractivity contribution >= 4 is 38.2 Å². The van der Waals surface area contributed by atoms with Crippen molar-refractivity contribution in [3.63, 3.8) is 0 Å². The Morgan fingerprint density at radius 1 is 1.36 bits per heavy atom.